The van der Waals surface area contributed by atoms with Gasteiger partial charge in [-0.3, -0.25) is 4.79 Å². The number of rotatable bonds is 0. The molecule has 0 bridgehead atoms. The highest BCUT2D eigenvalue weighted by molar-refractivity contribution is 6.10. The smallest absolute Gasteiger partial charge is 0.190 e. The molecule has 2 aliphatic carbocycles. The van der Waals surface area contributed by atoms with Crippen molar-refractivity contribution in [1.29, 1.82) is 0 Å². The van der Waals surface area contributed by atoms with Crippen molar-refractivity contribution in [3.63, 3.8) is 0 Å². The summed E-state index contributed by atoms with van der Waals surface area (Å²) in [4.78, 5) is 16.6. The van der Waals surface area contributed by atoms with Gasteiger partial charge in [0.2, 0.25) is 0 Å². The maximum absolute atomic E-state index is 12.0. The molecule has 0 spiro atoms. The number of hydrogen-bond donors (Lipinski definition) is 0. The predicted octanol–water partition coefficient (Wildman–Crippen LogP) is 3.94. The number of nitrogens with zero attached hydrogens (tertiary/aromatic N) is 1. The molecule has 2 heteroatoms. The van der Waals surface area contributed by atoms with Gasteiger partial charge in [-0.25, -0.2) is 4.98 Å². The maximum atomic E-state index is 12.0. The zero-order valence-corrected chi connectivity index (χ0v) is 12.8. The molecule has 3 rings (SSSR count). The Hall–Kier alpha value is -1.88. The molecular formula is C19H21NO. The lowest BCUT2D eigenvalue weighted by Gasteiger charge is -2.21. The van der Waals surface area contributed by atoms with Crippen LogP contribution >= 0.6 is 0 Å². The third kappa shape index (κ3) is 3.08. The van der Waals surface area contributed by atoms with Gasteiger partial charge in [0.25, 0.3) is 0 Å². The van der Waals surface area contributed by atoms with Gasteiger partial charge in [0.1, 0.15) is 5.69 Å². The van der Waals surface area contributed by atoms with Crippen molar-refractivity contribution in [1.82, 2.24) is 4.98 Å². The number of hydrogen-bond acceptors (Lipinski definition) is 2. The summed E-state index contributed by atoms with van der Waals surface area (Å²) in [7, 11) is 0. The summed E-state index contributed by atoms with van der Waals surface area (Å²) in [5.41, 5.74) is 3.23. The number of aromatic nitrogens is 1. The number of Topliss-reactive ketones (excluding diaryl/α,β-unsaturated/α-hetero) is 1. The molecular weight excluding hydrogens is 258 g/mol. The van der Waals surface area contributed by atoms with E-state index in [1.54, 1.807) is 0 Å². The monoisotopic (exact) mass is 279 g/mol. The molecule has 0 radical (unpaired) electrons. The van der Waals surface area contributed by atoms with E-state index in [-0.39, 0.29) is 5.78 Å². The minimum absolute atomic E-state index is 0.101. The van der Waals surface area contributed by atoms with Crippen LogP contribution in [0.25, 0.3) is 0 Å². The molecule has 0 N–H and O–H groups in total. The molecule has 1 aromatic rings. The predicted molar refractivity (Wildman–Crippen MR) is 84.0 cm³/mol. The van der Waals surface area contributed by atoms with E-state index in [9.17, 15) is 4.79 Å². The molecule has 1 heterocycles. The summed E-state index contributed by atoms with van der Waals surface area (Å²) < 4.78 is 0. The minimum Gasteiger partial charge on any atom is -0.289 e. The molecule has 108 valence electrons. The highest BCUT2D eigenvalue weighted by atomic mass is 16.1. The first-order chi connectivity index (χ1) is 10.1. The van der Waals surface area contributed by atoms with Crippen LogP contribution in [-0.4, -0.2) is 10.8 Å². The van der Waals surface area contributed by atoms with Crippen molar-refractivity contribution in [2.75, 3.05) is 0 Å². The van der Waals surface area contributed by atoms with Gasteiger partial charge in [0, 0.05) is 17.9 Å². The highest BCUT2D eigenvalue weighted by Crippen LogP contribution is 2.27. The molecule has 0 atom stereocenters. The molecule has 0 unspecified atom stereocenters. The van der Waals surface area contributed by atoms with E-state index in [0.29, 0.717) is 5.92 Å². The zero-order valence-electron chi connectivity index (χ0n) is 12.8. The Kier molecular flexibility index (Phi) is 3.92. The van der Waals surface area contributed by atoms with Gasteiger partial charge in [-0.05, 0) is 62.2 Å². The van der Waals surface area contributed by atoms with Gasteiger partial charge in [0.15, 0.2) is 5.78 Å². The topological polar surface area (TPSA) is 30.0 Å². The van der Waals surface area contributed by atoms with Gasteiger partial charge in [0.05, 0.1) is 5.69 Å². The van der Waals surface area contributed by atoms with Crippen LogP contribution in [0.5, 0.6) is 0 Å². The molecule has 1 aromatic heterocycles. The first kappa shape index (κ1) is 14.1. The second-order valence-corrected chi connectivity index (χ2v) is 6.34. The first-order valence-electron chi connectivity index (χ1n) is 7.86. The van der Waals surface area contributed by atoms with Crippen molar-refractivity contribution in [3.05, 3.63) is 40.7 Å². The summed E-state index contributed by atoms with van der Waals surface area (Å²) in [5, 5.41) is 0. The third-order valence-corrected chi connectivity index (χ3v) is 4.60. The van der Waals surface area contributed by atoms with E-state index in [2.05, 4.69) is 23.7 Å². The van der Waals surface area contributed by atoms with Crippen molar-refractivity contribution in [2.24, 2.45) is 11.8 Å². The normalized spacial score (nSPS) is 24.7. The third-order valence-electron chi connectivity index (χ3n) is 4.60. The summed E-state index contributed by atoms with van der Waals surface area (Å²) in [6.07, 6.45) is 7.69. The summed E-state index contributed by atoms with van der Waals surface area (Å²) in [6.45, 7) is 4.18. The lowest BCUT2D eigenvalue weighted by molar-refractivity contribution is 0.103. The number of ketones is 1. The molecule has 2 aliphatic rings. The molecule has 0 aromatic carbocycles. The van der Waals surface area contributed by atoms with Gasteiger partial charge in [-0.2, -0.15) is 0 Å². The number of carbonyl (C=O) groups excluding carboxylic acids is 1. The Morgan fingerprint density at radius 3 is 2.71 bits per heavy atom. The fourth-order valence-corrected chi connectivity index (χ4v) is 3.07. The van der Waals surface area contributed by atoms with Crippen LogP contribution in [-0.2, 0) is 6.42 Å². The van der Waals surface area contributed by atoms with Crippen LogP contribution in [0.15, 0.2) is 23.8 Å². The SMILES string of the molecule is CC1=CCc2nc(C#CC3CCC(C)CC3)ccc2C1=O. The standard InChI is InChI=1S/C19H21NO/c1-13-3-6-15(7-4-13)8-9-16-10-11-17-18(20-16)12-5-14(2)19(17)21/h5,10-11,13,15H,3-4,6-7,12H2,1-2H3. The molecule has 21 heavy (non-hydrogen) atoms. The van der Waals surface area contributed by atoms with E-state index in [4.69, 9.17) is 0 Å². The van der Waals surface area contributed by atoms with Crippen molar-refractivity contribution in [3.8, 4) is 11.8 Å². The van der Waals surface area contributed by atoms with E-state index < -0.39 is 0 Å². The van der Waals surface area contributed by atoms with Crippen molar-refractivity contribution >= 4 is 5.78 Å². The Morgan fingerprint density at radius 1 is 1.19 bits per heavy atom. The van der Waals surface area contributed by atoms with E-state index in [0.717, 1.165) is 34.9 Å². The van der Waals surface area contributed by atoms with Crippen LogP contribution < -0.4 is 0 Å². The molecule has 0 saturated heterocycles. The molecule has 1 fully saturated rings. The van der Waals surface area contributed by atoms with Gasteiger partial charge in [-0.1, -0.05) is 18.9 Å². The van der Waals surface area contributed by atoms with E-state index >= 15 is 0 Å². The quantitative estimate of drug-likeness (QED) is 0.673. The fraction of sp³-hybridized carbons (Fsp3) is 0.474. The Balaban J connectivity index is 1.76. The van der Waals surface area contributed by atoms with Crippen LogP contribution in [0.1, 0.15) is 61.3 Å². The average Bonchev–Trinajstić information content (AvgIpc) is 2.50. The minimum atomic E-state index is 0.101. The summed E-state index contributed by atoms with van der Waals surface area (Å²) >= 11 is 0. The van der Waals surface area contributed by atoms with Gasteiger partial charge < -0.3 is 0 Å². The summed E-state index contributed by atoms with van der Waals surface area (Å²) in [5.74, 6) is 8.06. The van der Waals surface area contributed by atoms with E-state index in [1.165, 1.54) is 25.7 Å². The molecule has 0 amide bonds. The number of allylic oxidation sites excluding steroid dienone is 2. The Labute approximate surface area is 126 Å². The highest BCUT2D eigenvalue weighted by Gasteiger charge is 2.19. The fourth-order valence-electron chi connectivity index (χ4n) is 3.07. The van der Waals surface area contributed by atoms with Crippen LogP contribution in [0, 0.1) is 23.7 Å². The molecule has 1 saturated carbocycles. The Bertz CT molecular complexity index is 652. The van der Waals surface area contributed by atoms with Crippen LogP contribution in [0.3, 0.4) is 0 Å². The lowest BCUT2D eigenvalue weighted by Crippen LogP contribution is -2.12. The lowest BCUT2D eigenvalue weighted by atomic mass is 9.83. The van der Waals surface area contributed by atoms with Crippen molar-refractivity contribution in [2.45, 2.75) is 46.0 Å². The van der Waals surface area contributed by atoms with E-state index in [1.807, 2.05) is 25.1 Å². The molecule has 2 nitrogen and oxygen atoms in total. The molecule has 0 aliphatic heterocycles. The van der Waals surface area contributed by atoms with Crippen molar-refractivity contribution < 1.29 is 4.79 Å². The number of pyridine rings is 1. The number of fused-ring (bicyclic) bond motifs is 1. The average molecular weight is 279 g/mol. The van der Waals surface area contributed by atoms with Gasteiger partial charge >= 0.3 is 0 Å². The Morgan fingerprint density at radius 2 is 1.95 bits per heavy atom. The largest absolute Gasteiger partial charge is 0.289 e. The first-order valence-corrected chi connectivity index (χ1v) is 7.86. The van der Waals surface area contributed by atoms with Crippen LogP contribution in [0.4, 0.5) is 0 Å². The second kappa shape index (κ2) is 5.85. The van der Waals surface area contributed by atoms with Crippen LogP contribution in [0.2, 0.25) is 0 Å². The summed E-state index contributed by atoms with van der Waals surface area (Å²) in [6, 6.07) is 3.77. The zero-order chi connectivity index (χ0) is 14.8. The second-order valence-electron chi connectivity index (χ2n) is 6.34. The maximum Gasteiger partial charge on any atom is 0.190 e. The van der Waals surface area contributed by atoms with Gasteiger partial charge in [-0.15, -0.1) is 0 Å². The number of carbonyl (C=O) groups is 1.